The second kappa shape index (κ2) is 9.09. The minimum Gasteiger partial charge on any atom is -0.399 e. The van der Waals surface area contributed by atoms with E-state index in [0.717, 1.165) is 11.1 Å². The number of nitrogens with one attached hydrogen (secondary N) is 1. The normalized spacial score (nSPS) is 19.4. The van der Waals surface area contributed by atoms with Crippen LogP contribution in [0.15, 0.2) is 58.7 Å². The van der Waals surface area contributed by atoms with Crippen LogP contribution in [0.3, 0.4) is 0 Å². The van der Waals surface area contributed by atoms with Crippen molar-refractivity contribution in [1.29, 1.82) is 0 Å². The number of thioether (sulfide) groups is 1. The third kappa shape index (κ3) is 4.96. The third-order valence-electron chi connectivity index (χ3n) is 4.37. The summed E-state index contributed by atoms with van der Waals surface area (Å²) in [5.41, 5.74) is 3.38. The molecule has 3 rings (SSSR count). The fourth-order valence-corrected chi connectivity index (χ4v) is 4.23. The largest absolute Gasteiger partial charge is 0.412 e. The molecule has 10 heteroatoms. The lowest BCUT2D eigenvalue weighted by Gasteiger charge is -2.20. The molecule has 0 aromatic heterocycles. The summed E-state index contributed by atoms with van der Waals surface area (Å²) in [7, 11) is 1.46. The molecule has 0 saturated carbocycles. The molecule has 0 bridgehead atoms. The van der Waals surface area contributed by atoms with E-state index in [0.29, 0.717) is 28.7 Å². The molecule has 0 fully saturated rings. The molecule has 1 amide bonds. The molecular weight excluding hydrogens is 439 g/mol. The first-order valence-corrected chi connectivity index (χ1v) is 10.0. The summed E-state index contributed by atoms with van der Waals surface area (Å²) in [6.45, 7) is 1.80. The van der Waals surface area contributed by atoms with Crippen molar-refractivity contribution < 1.29 is 22.8 Å². The summed E-state index contributed by atoms with van der Waals surface area (Å²) in [5.74, 6) is -0.811. The zero-order valence-electron chi connectivity index (χ0n) is 15.9. The number of rotatable bonds is 5. The van der Waals surface area contributed by atoms with Crippen molar-refractivity contribution in [2.45, 2.75) is 24.4 Å². The van der Waals surface area contributed by atoms with Gasteiger partial charge in [-0.3, -0.25) is 9.79 Å². The molecule has 0 spiro atoms. The number of benzene rings is 2. The second-order valence-electron chi connectivity index (χ2n) is 6.38. The van der Waals surface area contributed by atoms with Crippen molar-refractivity contribution in [3.63, 3.8) is 0 Å². The molecule has 0 saturated heterocycles. The molecule has 0 radical (unpaired) electrons. The molecule has 0 aliphatic carbocycles. The van der Waals surface area contributed by atoms with Crippen molar-refractivity contribution in [3.8, 4) is 11.1 Å². The number of halogens is 4. The van der Waals surface area contributed by atoms with Gasteiger partial charge in [-0.1, -0.05) is 71.0 Å². The molecule has 2 unspecified atom stereocenters. The quantitative estimate of drug-likeness (QED) is 0.491. The predicted molar refractivity (Wildman–Crippen MR) is 114 cm³/mol. The Hall–Kier alpha value is -2.52. The lowest BCUT2D eigenvalue weighted by Crippen LogP contribution is -2.41. The van der Waals surface area contributed by atoms with Gasteiger partial charge < -0.3 is 10.2 Å². The molecule has 5 nitrogen and oxygen atoms in total. The second-order valence-corrected chi connectivity index (χ2v) is 8.09. The first-order valence-electron chi connectivity index (χ1n) is 8.76. The number of hydrogen-bond acceptors (Lipinski definition) is 5. The van der Waals surface area contributed by atoms with Crippen molar-refractivity contribution in [1.82, 2.24) is 0 Å². The topological polar surface area (TPSA) is 63.0 Å². The van der Waals surface area contributed by atoms with Gasteiger partial charge in [0.05, 0.1) is 5.71 Å². The van der Waals surface area contributed by atoms with Crippen LogP contribution in [0.1, 0.15) is 12.5 Å². The summed E-state index contributed by atoms with van der Waals surface area (Å²) >= 11 is 6.26. The van der Waals surface area contributed by atoms with E-state index < -0.39 is 23.4 Å². The highest BCUT2D eigenvalue weighted by molar-refractivity contribution is 8.18. The van der Waals surface area contributed by atoms with E-state index in [2.05, 4.69) is 15.5 Å². The van der Waals surface area contributed by atoms with E-state index in [1.807, 2.05) is 24.3 Å². The fraction of sp³-hybridized carbons (Fsp3) is 0.250. The maximum atomic E-state index is 13.2. The summed E-state index contributed by atoms with van der Waals surface area (Å²) in [6.07, 6.45) is -4.66. The van der Waals surface area contributed by atoms with Gasteiger partial charge in [-0.25, -0.2) is 0 Å². The Bertz CT molecular complexity index is 994. The monoisotopic (exact) mass is 455 g/mol. The highest BCUT2D eigenvalue weighted by Crippen LogP contribution is 2.39. The zero-order valence-corrected chi connectivity index (χ0v) is 17.5. The minimum absolute atomic E-state index is 0.283. The average molecular weight is 456 g/mol. The van der Waals surface area contributed by atoms with Crippen LogP contribution < -0.4 is 5.32 Å². The van der Waals surface area contributed by atoms with E-state index in [1.54, 1.807) is 31.2 Å². The molecular formula is C20H17ClF3N3O2S. The van der Waals surface area contributed by atoms with Crippen LogP contribution in [0, 0.1) is 0 Å². The van der Waals surface area contributed by atoms with Crippen molar-refractivity contribution >= 4 is 45.2 Å². The molecule has 1 heterocycles. The van der Waals surface area contributed by atoms with E-state index >= 15 is 0 Å². The van der Waals surface area contributed by atoms with E-state index in [1.165, 1.54) is 7.11 Å². The minimum atomic E-state index is -4.66. The third-order valence-corrected chi connectivity index (χ3v) is 5.76. The number of carbonyl (C=O) groups excluding carboxylic acids is 1. The van der Waals surface area contributed by atoms with E-state index in [9.17, 15) is 18.0 Å². The molecule has 1 aliphatic rings. The van der Waals surface area contributed by atoms with Gasteiger partial charge in [0.1, 0.15) is 12.4 Å². The van der Waals surface area contributed by atoms with E-state index in [-0.39, 0.29) is 4.50 Å². The molecule has 158 valence electrons. The first kappa shape index (κ1) is 22.2. The number of oxime groups is 1. The predicted octanol–water partition coefficient (Wildman–Crippen LogP) is 5.30. The number of alkyl halides is 3. The maximum Gasteiger partial charge on any atom is 0.412 e. The van der Waals surface area contributed by atoms with Crippen LogP contribution in [0.2, 0.25) is 0 Å². The summed E-state index contributed by atoms with van der Waals surface area (Å²) in [5, 5.41) is 4.99. The van der Waals surface area contributed by atoms with Crippen LogP contribution >= 0.6 is 23.4 Å². The van der Waals surface area contributed by atoms with Crippen molar-refractivity contribution in [2.75, 3.05) is 12.4 Å². The van der Waals surface area contributed by atoms with Gasteiger partial charge in [-0.2, -0.15) is 13.2 Å². The molecule has 1 aliphatic heterocycles. The maximum absolute atomic E-state index is 13.2. The number of aliphatic imine (C=N–C) groups is 1. The van der Waals surface area contributed by atoms with Crippen LogP contribution in [0.4, 0.5) is 18.9 Å². The number of hydrogen-bond donors (Lipinski definition) is 1. The molecule has 1 N–H and O–H groups in total. The first-order chi connectivity index (χ1) is 14.2. The number of para-hydroxylation sites is 1. The molecule has 2 aromatic carbocycles. The van der Waals surface area contributed by atoms with Gasteiger partial charge in [0.15, 0.2) is 10.5 Å². The smallest absolute Gasteiger partial charge is 0.399 e. The van der Waals surface area contributed by atoms with Gasteiger partial charge in [-0.15, -0.1) is 0 Å². The Balaban J connectivity index is 1.84. The Morgan fingerprint density at radius 1 is 1.20 bits per heavy atom. The van der Waals surface area contributed by atoms with Gasteiger partial charge in [0.2, 0.25) is 5.91 Å². The number of carbonyl (C=O) groups is 1. The Morgan fingerprint density at radius 3 is 2.50 bits per heavy atom. The number of anilines is 1. The molecule has 30 heavy (non-hydrogen) atoms. The Morgan fingerprint density at radius 2 is 1.87 bits per heavy atom. The highest BCUT2D eigenvalue weighted by atomic mass is 35.5. The van der Waals surface area contributed by atoms with Gasteiger partial charge >= 0.3 is 6.18 Å². The van der Waals surface area contributed by atoms with E-state index in [4.69, 9.17) is 16.4 Å². The highest BCUT2D eigenvalue weighted by Gasteiger charge is 2.51. The summed E-state index contributed by atoms with van der Waals surface area (Å²) < 4.78 is 39.3. The van der Waals surface area contributed by atoms with Crippen LogP contribution in [0.25, 0.3) is 11.1 Å². The van der Waals surface area contributed by atoms with Gasteiger partial charge in [0, 0.05) is 11.3 Å². The van der Waals surface area contributed by atoms with Gasteiger partial charge in [-0.05, 0) is 24.1 Å². The SMILES string of the molecule is CO/N=C(\C)c1ccc(-c2ccccc2NC(=O)C2SC(Cl)=NC2C(F)(F)F)cc1. The standard InChI is InChI=1S/C20H17ClF3N3O2S/c1-11(27-29-2)12-7-9-13(10-8-12)14-5-3-4-6-15(14)25-18(28)16-17(20(22,23)24)26-19(21)30-16/h3-10,16-17H,1-2H3,(H,25,28)/b27-11+. The Labute approximate surface area is 180 Å². The zero-order chi connectivity index (χ0) is 21.9. The van der Waals surface area contributed by atoms with Crippen LogP contribution in [-0.2, 0) is 9.63 Å². The summed E-state index contributed by atoms with van der Waals surface area (Å²) in [6, 6.07) is 12.0. The Kier molecular flexibility index (Phi) is 6.72. The van der Waals surface area contributed by atoms with Crippen LogP contribution in [0.5, 0.6) is 0 Å². The average Bonchev–Trinajstić information content (AvgIpc) is 3.11. The van der Waals surface area contributed by atoms with Crippen molar-refractivity contribution in [3.05, 3.63) is 54.1 Å². The molecule has 2 atom stereocenters. The number of amides is 1. The molecule has 2 aromatic rings. The lowest BCUT2D eigenvalue weighted by atomic mass is 10.0. The van der Waals surface area contributed by atoms with Crippen LogP contribution in [-0.4, -0.2) is 40.7 Å². The number of nitrogens with zero attached hydrogens (tertiary/aromatic N) is 2. The lowest BCUT2D eigenvalue weighted by molar-refractivity contribution is -0.150. The fourth-order valence-electron chi connectivity index (χ4n) is 2.95. The van der Waals surface area contributed by atoms with Gasteiger partial charge in [0.25, 0.3) is 0 Å². The van der Waals surface area contributed by atoms with Crippen molar-refractivity contribution in [2.24, 2.45) is 10.1 Å². The summed E-state index contributed by atoms with van der Waals surface area (Å²) in [4.78, 5) is 20.8.